The number of hydrogen-bond donors (Lipinski definition) is 0. The van der Waals surface area contributed by atoms with Gasteiger partial charge in [-0.25, -0.2) is 9.79 Å². The molecule has 0 unspecified atom stereocenters. The highest BCUT2D eigenvalue weighted by Crippen LogP contribution is 2.31. The van der Waals surface area contributed by atoms with Gasteiger partial charge < -0.3 is 9.64 Å². The van der Waals surface area contributed by atoms with Crippen molar-refractivity contribution in [1.29, 1.82) is 0 Å². The van der Waals surface area contributed by atoms with Gasteiger partial charge in [-0.15, -0.1) is 0 Å². The average molecular weight is 462 g/mol. The zero-order chi connectivity index (χ0) is 23.7. The predicted octanol–water partition coefficient (Wildman–Crippen LogP) is 3.17. The third-order valence-electron chi connectivity index (χ3n) is 5.58. The highest BCUT2D eigenvalue weighted by atomic mass is 32.1. The van der Waals surface area contributed by atoms with E-state index in [0.717, 1.165) is 22.4 Å². The maximum Gasteiger partial charge on any atom is 0.338 e. The number of nitrogens with zero attached hydrogens (tertiary/aromatic N) is 3. The van der Waals surface area contributed by atoms with Gasteiger partial charge in [0.25, 0.3) is 5.56 Å². The number of thiazole rings is 1. The molecule has 0 saturated heterocycles. The van der Waals surface area contributed by atoms with E-state index in [4.69, 9.17) is 4.74 Å². The number of benzene rings is 2. The first kappa shape index (κ1) is 22.7. The van der Waals surface area contributed by atoms with Crippen LogP contribution in [0.2, 0.25) is 0 Å². The van der Waals surface area contributed by atoms with Crippen molar-refractivity contribution in [2.24, 2.45) is 4.99 Å². The summed E-state index contributed by atoms with van der Waals surface area (Å²) in [7, 11) is 3.94. The lowest BCUT2D eigenvalue weighted by Crippen LogP contribution is -2.39. The van der Waals surface area contributed by atoms with Crippen molar-refractivity contribution in [3.63, 3.8) is 0 Å². The van der Waals surface area contributed by atoms with Gasteiger partial charge in [-0.2, -0.15) is 0 Å². The summed E-state index contributed by atoms with van der Waals surface area (Å²) < 4.78 is 7.55. The minimum atomic E-state index is -0.601. The standard InChI is InChI=1S/C26H27N3O3S/c1-6-32-25(31)22-17(3)27-26-29(23(22)19-10-12-20(13-11-19)28(4)5)24(30)21(33-26)15-18-9-7-8-16(2)14-18/h7-15,23H,6H2,1-5H3/b21-15-/t23-/m1/s1. The molecule has 0 N–H and O–H groups in total. The van der Waals surface area contributed by atoms with Gasteiger partial charge in [0.05, 0.1) is 28.5 Å². The Morgan fingerprint density at radius 1 is 1.18 bits per heavy atom. The van der Waals surface area contributed by atoms with E-state index >= 15 is 0 Å². The normalized spacial score (nSPS) is 15.8. The van der Waals surface area contributed by atoms with Crippen LogP contribution in [0.3, 0.4) is 0 Å². The quantitative estimate of drug-likeness (QED) is 0.548. The van der Waals surface area contributed by atoms with E-state index in [0.29, 0.717) is 20.6 Å². The lowest BCUT2D eigenvalue weighted by molar-refractivity contribution is -0.139. The largest absolute Gasteiger partial charge is 0.463 e. The minimum Gasteiger partial charge on any atom is -0.463 e. The SMILES string of the molecule is CCOC(=O)C1=C(C)N=c2s/c(=C\c3cccc(C)c3)c(=O)n2[C@@H]1c1ccc(N(C)C)cc1. The number of aryl methyl sites for hydroxylation is 1. The number of carbonyl (C=O) groups excluding carboxylic acids is 1. The van der Waals surface area contributed by atoms with E-state index < -0.39 is 12.0 Å². The monoisotopic (exact) mass is 461 g/mol. The van der Waals surface area contributed by atoms with Gasteiger partial charge in [-0.1, -0.05) is 53.3 Å². The van der Waals surface area contributed by atoms with Crippen LogP contribution in [0.25, 0.3) is 6.08 Å². The maximum absolute atomic E-state index is 13.6. The molecule has 2 aromatic carbocycles. The first-order valence-corrected chi connectivity index (χ1v) is 11.7. The Hall–Kier alpha value is -3.45. The van der Waals surface area contributed by atoms with E-state index in [2.05, 4.69) is 4.99 Å². The second-order valence-corrected chi connectivity index (χ2v) is 9.21. The molecule has 1 atom stereocenters. The maximum atomic E-state index is 13.6. The Bertz CT molecular complexity index is 1410. The molecule has 0 spiro atoms. The summed E-state index contributed by atoms with van der Waals surface area (Å²) in [5.41, 5.74) is 4.73. The third kappa shape index (κ3) is 4.41. The van der Waals surface area contributed by atoms with Crippen molar-refractivity contribution in [2.75, 3.05) is 25.6 Å². The van der Waals surface area contributed by atoms with Crippen molar-refractivity contribution >= 4 is 29.1 Å². The van der Waals surface area contributed by atoms with Crippen LogP contribution in [0.15, 0.2) is 69.6 Å². The number of anilines is 1. The smallest absolute Gasteiger partial charge is 0.338 e. The van der Waals surface area contributed by atoms with Crippen LogP contribution in [-0.4, -0.2) is 31.2 Å². The van der Waals surface area contributed by atoms with E-state index in [1.54, 1.807) is 18.4 Å². The van der Waals surface area contributed by atoms with Crippen LogP contribution in [0, 0.1) is 6.92 Å². The van der Waals surface area contributed by atoms with E-state index in [-0.39, 0.29) is 12.2 Å². The van der Waals surface area contributed by atoms with Gasteiger partial charge in [-0.05, 0) is 50.1 Å². The van der Waals surface area contributed by atoms with Crippen LogP contribution in [0.5, 0.6) is 0 Å². The molecule has 0 amide bonds. The number of rotatable bonds is 5. The predicted molar refractivity (Wildman–Crippen MR) is 132 cm³/mol. The van der Waals surface area contributed by atoms with E-state index in [1.165, 1.54) is 11.3 Å². The summed E-state index contributed by atoms with van der Waals surface area (Å²) >= 11 is 1.33. The number of esters is 1. The molecular formula is C26H27N3O3S. The Labute approximate surface area is 196 Å². The minimum absolute atomic E-state index is 0.170. The van der Waals surface area contributed by atoms with Crippen molar-refractivity contribution in [2.45, 2.75) is 26.8 Å². The van der Waals surface area contributed by atoms with Gasteiger partial charge in [0, 0.05) is 19.8 Å². The second-order valence-electron chi connectivity index (χ2n) is 8.20. The number of allylic oxidation sites excluding steroid dienone is 1. The molecule has 0 bridgehead atoms. The average Bonchev–Trinajstić information content (AvgIpc) is 3.07. The fraction of sp³-hybridized carbons (Fsp3) is 0.269. The molecule has 170 valence electrons. The molecule has 0 radical (unpaired) electrons. The molecule has 6 nitrogen and oxygen atoms in total. The summed E-state index contributed by atoms with van der Waals surface area (Å²) in [6.45, 7) is 5.84. The van der Waals surface area contributed by atoms with E-state index in [1.807, 2.05) is 80.5 Å². The number of hydrogen-bond acceptors (Lipinski definition) is 6. The summed E-state index contributed by atoms with van der Waals surface area (Å²) in [6.07, 6.45) is 1.88. The molecule has 3 aromatic rings. The first-order valence-electron chi connectivity index (χ1n) is 10.8. The topological polar surface area (TPSA) is 63.9 Å². The molecule has 0 fully saturated rings. The summed E-state index contributed by atoms with van der Waals surface area (Å²) in [5.74, 6) is -0.451. The van der Waals surface area contributed by atoms with Gasteiger partial charge in [0.1, 0.15) is 0 Å². The number of fused-ring (bicyclic) bond motifs is 1. The van der Waals surface area contributed by atoms with Crippen molar-refractivity contribution < 1.29 is 9.53 Å². The zero-order valence-corrected chi connectivity index (χ0v) is 20.3. The van der Waals surface area contributed by atoms with Crippen LogP contribution >= 0.6 is 11.3 Å². The van der Waals surface area contributed by atoms with Gasteiger partial charge in [0.2, 0.25) is 0 Å². The number of ether oxygens (including phenoxy) is 1. The number of aromatic nitrogens is 1. The molecule has 1 aliphatic rings. The fourth-order valence-electron chi connectivity index (χ4n) is 3.97. The van der Waals surface area contributed by atoms with Gasteiger partial charge in [0.15, 0.2) is 4.80 Å². The summed E-state index contributed by atoms with van der Waals surface area (Å²) in [4.78, 5) is 33.8. The summed E-state index contributed by atoms with van der Waals surface area (Å²) in [5, 5.41) is 0. The zero-order valence-electron chi connectivity index (χ0n) is 19.5. The first-order chi connectivity index (χ1) is 15.8. The highest BCUT2D eigenvalue weighted by Gasteiger charge is 2.33. The summed E-state index contributed by atoms with van der Waals surface area (Å²) in [6, 6.07) is 15.3. The molecule has 4 rings (SSSR count). The molecule has 0 aliphatic carbocycles. The van der Waals surface area contributed by atoms with Crippen molar-refractivity contribution in [3.05, 3.63) is 96.2 Å². The second kappa shape index (κ2) is 9.19. The van der Waals surface area contributed by atoms with Crippen LogP contribution in [0.4, 0.5) is 5.69 Å². The molecule has 33 heavy (non-hydrogen) atoms. The molecule has 1 aliphatic heterocycles. The molecule has 7 heteroatoms. The lowest BCUT2D eigenvalue weighted by Gasteiger charge is -2.25. The Kier molecular flexibility index (Phi) is 6.33. The lowest BCUT2D eigenvalue weighted by atomic mass is 9.95. The Morgan fingerprint density at radius 3 is 2.55 bits per heavy atom. The molecule has 0 saturated carbocycles. The third-order valence-corrected chi connectivity index (χ3v) is 6.57. The molecule has 1 aromatic heterocycles. The highest BCUT2D eigenvalue weighted by molar-refractivity contribution is 7.07. The van der Waals surface area contributed by atoms with Gasteiger partial charge in [-0.3, -0.25) is 9.36 Å². The van der Waals surface area contributed by atoms with E-state index in [9.17, 15) is 9.59 Å². The van der Waals surface area contributed by atoms with Gasteiger partial charge >= 0.3 is 5.97 Å². The van der Waals surface area contributed by atoms with Crippen molar-refractivity contribution in [3.8, 4) is 0 Å². The molecule has 2 heterocycles. The number of carbonyl (C=O) groups is 1. The van der Waals surface area contributed by atoms with Crippen LogP contribution in [0.1, 0.15) is 36.6 Å². The Morgan fingerprint density at radius 2 is 1.91 bits per heavy atom. The fourth-order valence-corrected chi connectivity index (χ4v) is 5.02. The van der Waals surface area contributed by atoms with Crippen LogP contribution < -0.4 is 19.8 Å². The molecular weight excluding hydrogens is 434 g/mol. The Balaban J connectivity index is 1.94. The van der Waals surface area contributed by atoms with Crippen molar-refractivity contribution in [1.82, 2.24) is 4.57 Å². The van der Waals surface area contributed by atoms with Crippen LogP contribution in [-0.2, 0) is 9.53 Å².